The number of hydrogen-bond acceptors (Lipinski definition) is 3. The highest BCUT2D eigenvalue weighted by Gasteiger charge is 2.13. The zero-order valence-electron chi connectivity index (χ0n) is 12.0. The largest absolute Gasteiger partial charge is 0.478 e. The van der Waals surface area contributed by atoms with Crippen molar-refractivity contribution in [3.8, 4) is 0 Å². The van der Waals surface area contributed by atoms with Crippen LogP contribution in [-0.4, -0.2) is 24.2 Å². The Bertz CT molecular complexity index is 428. The van der Waals surface area contributed by atoms with Crippen LogP contribution in [0.4, 0.5) is 11.4 Å². The molecule has 0 radical (unpaired) electrons. The summed E-state index contributed by atoms with van der Waals surface area (Å²) in [5.41, 5.74) is 7.30. The minimum absolute atomic E-state index is 0.169. The van der Waals surface area contributed by atoms with Crippen LogP contribution in [0.25, 0.3) is 0 Å². The highest BCUT2D eigenvalue weighted by Crippen LogP contribution is 2.23. The highest BCUT2D eigenvalue weighted by molar-refractivity contribution is 5.94. The third-order valence-corrected chi connectivity index (χ3v) is 3.65. The van der Waals surface area contributed by atoms with Crippen molar-refractivity contribution >= 4 is 17.3 Å². The number of carbonyl (C=O) groups is 1. The number of carboxylic acids is 1. The smallest absolute Gasteiger partial charge is 0.337 e. The van der Waals surface area contributed by atoms with Crippen molar-refractivity contribution in [2.75, 3.05) is 23.7 Å². The number of carboxylic acid groups (broad SMARTS) is 1. The molecule has 106 valence electrons. The van der Waals surface area contributed by atoms with Crippen LogP contribution in [0.15, 0.2) is 18.2 Å². The molecule has 0 amide bonds. The lowest BCUT2D eigenvalue weighted by atomic mass is 10.0. The number of aromatic carboxylic acids is 1. The Hall–Kier alpha value is -1.71. The molecular weight excluding hydrogens is 240 g/mol. The normalized spacial score (nSPS) is 10.7. The summed E-state index contributed by atoms with van der Waals surface area (Å²) in [6.45, 7) is 8.37. The molecule has 4 nitrogen and oxygen atoms in total. The van der Waals surface area contributed by atoms with E-state index in [0.717, 1.165) is 31.6 Å². The number of rotatable bonds is 7. The van der Waals surface area contributed by atoms with Crippen molar-refractivity contribution in [2.45, 2.75) is 33.6 Å². The molecule has 0 saturated carbocycles. The minimum Gasteiger partial charge on any atom is -0.478 e. The third-order valence-electron chi connectivity index (χ3n) is 3.65. The van der Waals surface area contributed by atoms with Crippen LogP contribution in [-0.2, 0) is 0 Å². The lowest BCUT2D eigenvalue weighted by Gasteiger charge is -2.27. The Morgan fingerprint density at radius 1 is 1.32 bits per heavy atom. The van der Waals surface area contributed by atoms with Gasteiger partial charge in [0.2, 0.25) is 0 Å². The molecule has 1 rings (SSSR count). The molecule has 0 aliphatic heterocycles. The van der Waals surface area contributed by atoms with Crippen molar-refractivity contribution in [1.82, 2.24) is 0 Å². The van der Waals surface area contributed by atoms with Crippen LogP contribution in [0, 0.1) is 5.92 Å². The lowest BCUT2D eigenvalue weighted by molar-refractivity contribution is 0.0698. The van der Waals surface area contributed by atoms with E-state index in [4.69, 9.17) is 10.8 Å². The van der Waals surface area contributed by atoms with Crippen LogP contribution in [0.3, 0.4) is 0 Å². The van der Waals surface area contributed by atoms with Crippen LogP contribution >= 0.6 is 0 Å². The van der Waals surface area contributed by atoms with Crippen molar-refractivity contribution < 1.29 is 9.90 Å². The Kier molecular flexibility index (Phi) is 5.67. The van der Waals surface area contributed by atoms with Gasteiger partial charge >= 0.3 is 5.97 Å². The van der Waals surface area contributed by atoms with Gasteiger partial charge in [-0.05, 0) is 31.0 Å². The van der Waals surface area contributed by atoms with Gasteiger partial charge < -0.3 is 15.7 Å². The highest BCUT2D eigenvalue weighted by atomic mass is 16.4. The summed E-state index contributed by atoms with van der Waals surface area (Å²) in [5, 5.41) is 8.98. The molecule has 0 aliphatic rings. The van der Waals surface area contributed by atoms with Gasteiger partial charge in [0.15, 0.2) is 0 Å². The van der Waals surface area contributed by atoms with Crippen LogP contribution in [0.5, 0.6) is 0 Å². The fourth-order valence-electron chi connectivity index (χ4n) is 2.22. The quantitative estimate of drug-likeness (QED) is 0.742. The van der Waals surface area contributed by atoms with Gasteiger partial charge in [-0.15, -0.1) is 0 Å². The Morgan fingerprint density at radius 2 is 1.95 bits per heavy atom. The van der Waals surface area contributed by atoms with Gasteiger partial charge in [0.05, 0.1) is 5.56 Å². The van der Waals surface area contributed by atoms with Gasteiger partial charge in [0.1, 0.15) is 0 Å². The first-order valence-corrected chi connectivity index (χ1v) is 6.91. The monoisotopic (exact) mass is 264 g/mol. The van der Waals surface area contributed by atoms with Crippen molar-refractivity contribution in [2.24, 2.45) is 5.92 Å². The van der Waals surface area contributed by atoms with E-state index in [9.17, 15) is 4.79 Å². The maximum atomic E-state index is 10.9. The van der Waals surface area contributed by atoms with Crippen molar-refractivity contribution in [3.05, 3.63) is 23.8 Å². The first kappa shape index (κ1) is 15.3. The second-order valence-corrected chi connectivity index (χ2v) is 4.80. The predicted octanol–water partition coefficient (Wildman–Crippen LogP) is 3.23. The van der Waals surface area contributed by atoms with E-state index in [2.05, 4.69) is 25.7 Å². The molecular formula is C15H24N2O2. The van der Waals surface area contributed by atoms with E-state index in [-0.39, 0.29) is 5.56 Å². The third kappa shape index (κ3) is 3.88. The number of hydrogen-bond donors (Lipinski definition) is 2. The Labute approximate surface area is 115 Å². The Balaban J connectivity index is 2.93. The average Bonchev–Trinajstić information content (AvgIpc) is 2.39. The van der Waals surface area contributed by atoms with Gasteiger partial charge in [-0.25, -0.2) is 4.79 Å². The average molecular weight is 264 g/mol. The molecule has 3 N–H and O–H groups in total. The molecule has 0 aliphatic carbocycles. The first-order valence-electron chi connectivity index (χ1n) is 6.91. The summed E-state index contributed by atoms with van der Waals surface area (Å²) >= 11 is 0. The molecule has 0 spiro atoms. The number of anilines is 2. The number of nitrogens with two attached hydrogens (primary N) is 1. The minimum atomic E-state index is -0.980. The molecule has 1 aromatic rings. The molecule has 0 bridgehead atoms. The SMILES string of the molecule is CCC(CC)CN(CC)c1ccc(C(=O)O)c(N)c1. The van der Waals surface area contributed by atoms with Gasteiger partial charge in [-0.1, -0.05) is 26.7 Å². The van der Waals surface area contributed by atoms with Crippen molar-refractivity contribution in [1.29, 1.82) is 0 Å². The second kappa shape index (κ2) is 7.02. The zero-order chi connectivity index (χ0) is 14.4. The summed E-state index contributed by atoms with van der Waals surface area (Å²) in [6, 6.07) is 5.18. The van der Waals surface area contributed by atoms with Crippen molar-refractivity contribution in [3.63, 3.8) is 0 Å². The standard InChI is InChI=1S/C15H24N2O2/c1-4-11(5-2)10-17(6-3)12-7-8-13(15(18)19)14(16)9-12/h7-9,11H,4-6,10,16H2,1-3H3,(H,18,19). The molecule has 0 fully saturated rings. The molecule has 4 heteroatoms. The molecule has 19 heavy (non-hydrogen) atoms. The van der Waals surface area contributed by atoms with Gasteiger partial charge in [0, 0.05) is 24.5 Å². The zero-order valence-corrected chi connectivity index (χ0v) is 12.0. The van der Waals surface area contributed by atoms with Crippen LogP contribution in [0.1, 0.15) is 44.0 Å². The fraction of sp³-hybridized carbons (Fsp3) is 0.533. The topological polar surface area (TPSA) is 66.6 Å². The van der Waals surface area contributed by atoms with E-state index in [1.807, 2.05) is 6.07 Å². The molecule has 1 aromatic carbocycles. The number of nitrogens with zero attached hydrogens (tertiary/aromatic N) is 1. The molecule has 0 heterocycles. The molecule has 0 atom stereocenters. The molecule has 0 unspecified atom stereocenters. The van der Waals surface area contributed by atoms with E-state index >= 15 is 0 Å². The summed E-state index contributed by atoms with van der Waals surface area (Å²) in [4.78, 5) is 13.2. The maximum absolute atomic E-state index is 10.9. The maximum Gasteiger partial charge on any atom is 0.337 e. The second-order valence-electron chi connectivity index (χ2n) is 4.80. The van der Waals surface area contributed by atoms with Crippen LogP contribution < -0.4 is 10.6 Å². The van der Waals surface area contributed by atoms with E-state index in [0.29, 0.717) is 11.6 Å². The summed E-state index contributed by atoms with van der Waals surface area (Å²) in [7, 11) is 0. The fourth-order valence-corrected chi connectivity index (χ4v) is 2.22. The van der Waals surface area contributed by atoms with Gasteiger partial charge in [-0.3, -0.25) is 0 Å². The van der Waals surface area contributed by atoms with Gasteiger partial charge in [0.25, 0.3) is 0 Å². The van der Waals surface area contributed by atoms with E-state index < -0.39 is 5.97 Å². The molecule has 0 saturated heterocycles. The first-order chi connectivity index (χ1) is 9.03. The van der Waals surface area contributed by atoms with E-state index in [1.54, 1.807) is 12.1 Å². The lowest BCUT2D eigenvalue weighted by Crippen LogP contribution is -2.29. The predicted molar refractivity (Wildman–Crippen MR) is 79.8 cm³/mol. The number of benzene rings is 1. The van der Waals surface area contributed by atoms with Gasteiger partial charge in [-0.2, -0.15) is 0 Å². The van der Waals surface area contributed by atoms with E-state index in [1.165, 1.54) is 0 Å². The summed E-state index contributed by atoms with van der Waals surface area (Å²) in [6.07, 6.45) is 2.30. The Morgan fingerprint density at radius 3 is 2.37 bits per heavy atom. The summed E-state index contributed by atoms with van der Waals surface area (Å²) in [5.74, 6) is -0.326. The molecule has 0 aromatic heterocycles. The number of nitrogen functional groups attached to an aromatic ring is 1. The summed E-state index contributed by atoms with van der Waals surface area (Å²) < 4.78 is 0. The van der Waals surface area contributed by atoms with Crippen LogP contribution in [0.2, 0.25) is 0 Å².